The fraction of sp³-hybridized carbons (Fsp3) is 0.444. The van der Waals surface area contributed by atoms with Crippen molar-refractivity contribution in [3.8, 4) is 0 Å². The van der Waals surface area contributed by atoms with Crippen LogP contribution in [0.2, 0.25) is 0 Å². The number of nitrogens with zero attached hydrogens (tertiary/aromatic N) is 1. The minimum atomic E-state index is -1.01. The highest BCUT2D eigenvalue weighted by Crippen LogP contribution is 2.06. The van der Waals surface area contributed by atoms with E-state index in [0.717, 1.165) is 0 Å². The summed E-state index contributed by atoms with van der Waals surface area (Å²) in [4.78, 5) is 63.9. The topological polar surface area (TPSA) is 134 Å². The minimum absolute atomic E-state index is 0.132. The van der Waals surface area contributed by atoms with E-state index in [1.165, 1.54) is 6.20 Å². The zero-order chi connectivity index (χ0) is 20.0. The van der Waals surface area contributed by atoms with E-state index in [9.17, 15) is 24.0 Å². The Morgan fingerprint density at radius 2 is 2.04 bits per heavy atom. The van der Waals surface area contributed by atoms with E-state index < -0.39 is 41.4 Å². The number of ketones is 2. The summed E-state index contributed by atoms with van der Waals surface area (Å²) < 4.78 is 0. The van der Waals surface area contributed by atoms with Gasteiger partial charge in [-0.1, -0.05) is 19.9 Å². The molecule has 0 bridgehead atoms. The van der Waals surface area contributed by atoms with Crippen LogP contribution in [-0.2, 0) is 30.4 Å². The van der Waals surface area contributed by atoms with Gasteiger partial charge < -0.3 is 16.0 Å². The molecule has 0 spiro atoms. The molecule has 3 N–H and O–H groups in total. The van der Waals surface area contributed by atoms with Crippen LogP contribution in [0.1, 0.15) is 25.8 Å². The van der Waals surface area contributed by atoms with Gasteiger partial charge in [0.05, 0.1) is 6.04 Å². The Morgan fingerprint density at radius 1 is 1.30 bits per heavy atom. The number of aromatic nitrogens is 1. The summed E-state index contributed by atoms with van der Waals surface area (Å²) in [7, 11) is 0. The second-order valence-corrected chi connectivity index (χ2v) is 6.63. The molecule has 2 atom stereocenters. The quantitative estimate of drug-likeness (QED) is 0.519. The van der Waals surface area contributed by atoms with E-state index in [1.807, 2.05) is 0 Å². The van der Waals surface area contributed by atoms with Crippen molar-refractivity contribution < 1.29 is 24.0 Å². The summed E-state index contributed by atoms with van der Waals surface area (Å²) in [6.07, 6.45) is 3.18. The van der Waals surface area contributed by atoms with Gasteiger partial charge in [0.1, 0.15) is 6.04 Å². The number of rotatable bonds is 7. The summed E-state index contributed by atoms with van der Waals surface area (Å²) in [6, 6.07) is 1.39. The van der Waals surface area contributed by atoms with Gasteiger partial charge in [-0.15, -0.1) is 0 Å². The number of piperidine rings is 1. The number of carbonyl (C=O) groups excluding carboxylic acids is 5. The SMILES string of the molecule is CC(C)C(NC(=O)C(=O)Cc1cccnc1)C(=O)NC1CCNC(=O)C1=O. The largest absolute Gasteiger partial charge is 0.349 e. The molecular formula is C18H22N4O5. The summed E-state index contributed by atoms with van der Waals surface area (Å²) in [5.41, 5.74) is 0.585. The molecule has 0 radical (unpaired) electrons. The Balaban J connectivity index is 1.98. The van der Waals surface area contributed by atoms with Crippen LogP contribution in [0.4, 0.5) is 0 Å². The van der Waals surface area contributed by atoms with Crippen LogP contribution in [0, 0.1) is 5.92 Å². The van der Waals surface area contributed by atoms with Gasteiger partial charge in [-0.25, -0.2) is 0 Å². The van der Waals surface area contributed by atoms with Crippen LogP contribution in [0.3, 0.4) is 0 Å². The Hall–Kier alpha value is -3.10. The highest BCUT2D eigenvalue weighted by Gasteiger charge is 2.34. The van der Waals surface area contributed by atoms with Crippen molar-refractivity contribution in [2.45, 2.75) is 38.8 Å². The van der Waals surface area contributed by atoms with Gasteiger partial charge >= 0.3 is 0 Å². The number of Topliss-reactive ketones (excluding diaryl/α,β-unsaturated/α-hetero) is 2. The predicted molar refractivity (Wildman–Crippen MR) is 94.3 cm³/mol. The summed E-state index contributed by atoms with van der Waals surface area (Å²) >= 11 is 0. The van der Waals surface area contributed by atoms with Crippen molar-refractivity contribution in [1.82, 2.24) is 20.9 Å². The zero-order valence-electron chi connectivity index (χ0n) is 15.2. The lowest BCUT2D eigenvalue weighted by molar-refractivity contribution is -0.142. The maximum Gasteiger partial charge on any atom is 0.289 e. The first-order valence-electron chi connectivity index (χ1n) is 8.64. The molecule has 9 nitrogen and oxygen atoms in total. The fourth-order valence-corrected chi connectivity index (χ4v) is 2.63. The van der Waals surface area contributed by atoms with E-state index >= 15 is 0 Å². The number of hydrogen-bond acceptors (Lipinski definition) is 6. The third-order valence-corrected chi connectivity index (χ3v) is 4.15. The predicted octanol–water partition coefficient (Wildman–Crippen LogP) is -1.09. The molecule has 144 valence electrons. The number of hydrogen-bond donors (Lipinski definition) is 3. The zero-order valence-corrected chi connectivity index (χ0v) is 15.2. The summed E-state index contributed by atoms with van der Waals surface area (Å²) in [5, 5.41) is 7.31. The lowest BCUT2D eigenvalue weighted by atomic mass is 10.00. The standard InChI is InChI=1S/C18H22N4O5/c1-10(2)14(17(26)21-12-5-7-20-18(27)15(12)24)22-16(25)13(23)8-11-4-3-6-19-9-11/h3-4,6,9-10,12,14H,5,7-8H2,1-2H3,(H,20,27)(H,21,26)(H,22,25). The van der Waals surface area contributed by atoms with Gasteiger partial charge in [0.25, 0.3) is 11.8 Å². The molecule has 2 rings (SSSR count). The molecule has 3 amide bonds. The van der Waals surface area contributed by atoms with Gasteiger partial charge in [0.2, 0.25) is 17.5 Å². The molecule has 0 aliphatic carbocycles. The number of carbonyl (C=O) groups is 5. The third-order valence-electron chi connectivity index (χ3n) is 4.15. The number of pyridine rings is 1. The molecule has 1 saturated heterocycles. The Morgan fingerprint density at radius 3 is 2.67 bits per heavy atom. The third kappa shape index (κ3) is 5.44. The molecule has 1 aliphatic heterocycles. The van der Waals surface area contributed by atoms with Crippen molar-refractivity contribution in [3.63, 3.8) is 0 Å². The monoisotopic (exact) mass is 374 g/mol. The second-order valence-electron chi connectivity index (χ2n) is 6.63. The minimum Gasteiger partial charge on any atom is -0.349 e. The van der Waals surface area contributed by atoms with E-state index in [2.05, 4.69) is 20.9 Å². The van der Waals surface area contributed by atoms with Gasteiger partial charge in [-0.3, -0.25) is 29.0 Å². The summed E-state index contributed by atoms with van der Waals surface area (Å²) in [6.45, 7) is 3.68. The molecular weight excluding hydrogens is 352 g/mol. The molecule has 2 heterocycles. The molecule has 1 fully saturated rings. The van der Waals surface area contributed by atoms with E-state index in [4.69, 9.17) is 0 Å². The first-order chi connectivity index (χ1) is 12.8. The molecule has 1 aromatic rings. The Bertz CT molecular complexity index is 747. The molecule has 0 saturated carbocycles. The summed E-state index contributed by atoms with van der Waals surface area (Å²) in [5.74, 6) is -4.00. The van der Waals surface area contributed by atoms with E-state index in [1.54, 1.807) is 32.2 Å². The van der Waals surface area contributed by atoms with Crippen LogP contribution < -0.4 is 16.0 Å². The smallest absolute Gasteiger partial charge is 0.289 e. The van der Waals surface area contributed by atoms with Crippen LogP contribution in [-0.4, -0.2) is 52.9 Å². The van der Waals surface area contributed by atoms with Gasteiger partial charge in [0.15, 0.2) is 0 Å². The Kier molecular flexibility index (Phi) is 6.75. The lowest BCUT2D eigenvalue weighted by Crippen LogP contribution is -2.58. The van der Waals surface area contributed by atoms with Crippen LogP contribution in [0.15, 0.2) is 24.5 Å². The second kappa shape index (κ2) is 9.02. The molecule has 2 unspecified atom stereocenters. The maximum absolute atomic E-state index is 12.5. The fourth-order valence-electron chi connectivity index (χ4n) is 2.63. The average molecular weight is 374 g/mol. The van der Waals surface area contributed by atoms with Crippen LogP contribution in [0.25, 0.3) is 0 Å². The molecule has 9 heteroatoms. The maximum atomic E-state index is 12.5. The van der Waals surface area contributed by atoms with Crippen molar-refractivity contribution in [1.29, 1.82) is 0 Å². The Labute approximate surface area is 156 Å². The molecule has 27 heavy (non-hydrogen) atoms. The average Bonchev–Trinajstić information content (AvgIpc) is 2.63. The van der Waals surface area contributed by atoms with Crippen LogP contribution >= 0.6 is 0 Å². The molecule has 1 aromatic heterocycles. The lowest BCUT2D eigenvalue weighted by Gasteiger charge is -2.26. The normalized spacial score (nSPS) is 17.8. The molecule has 0 aromatic carbocycles. The highest BCUT2D eigenvalue weighted by atomic mass is 16.2. The highest BCUT2D eigenvalue weighted by molar-refractivity contribution is 6.39. The van der Waals surface area contributed by atoms with Crippen molar-refractivity contribution in [3.05, 3.63) is 30.1 Å². The van der Waals surface area contributed by atoms with Crippen LogP contribution in [0.5, 0.6) is 0 Å². The van der Waals surface area contributed by atoms with Crippen molar-refractivity contribution in [2.75, 3.05) is 6.54 Å². The van der Waals surface area contributed by atoms with Crippen molar-refractivity contribution >= 4 is 29.3 Å². The van der Waals surface area contributed by atoms with Gasteiger partial charge in [0, 0.05) is 25.4 Å². The first kappa shape index (κ1) is 20.2. The number of amides is 3. The van der Waals surface area contributed by atoms with E-state index in [-0.39, 0.29) is 25.3 Å². The molecule has 1 aliphatic rings. The number of nitrogens with one attached hydrogen (secondary N) is 3. The van der Waals surface area contributed by atoms with E-state index in [0.29, 0.717) is 5.56 Å². The van der Waals surface area contributed by atoms with Crippen molar-refractivity contribution in [2.24, 2.45) is 5.92 Å². The van der Waals surface area contributed by atoms with Gasteiger partial charge in [-0.05, 0) is 24.0 Å². The first-order valence-corrected chi connectivity index (χ1v) is 8.64. The van der Waals surface area contributed by atoms with Gasteiger partial charge in [-0.2, -0.15) is 0 Å².